The number of benzene rings is 1. The molecule has 1 unspecified atom stereocenters. The molecular formula is C10H14FNOS. The van der Waals surface area contributed by atoms with Gasteiger partial charge in [-0.2, -0.15) is 11.8 Å². The van der Waals surface area contributed by atoms with Crippen molar-refractivity contribution in [3.8, 4) is 5.75 Å². The Bertz CT molecular complexity index is 306. The highest BCUT2D eigenvalue weighted by Crippen LogP contribution is 2.26. The van der Waals surface area contributed by atoms with Gasteiger partial charge in [0.25, 0.3) is 0 Å². The van der Waals surface area contributed by atoms with Gasteiger partial charge < -0.3 is 10.5 Å². The van der Waals surface area contributed by atoms with Crippen LogP contribution in [0.4, 0.5) is 4.39 Å². The number of nitrogens with two attached hydrogens (primary N) is 1. The van der Waals surface area contributed by atoms with E-state index in [1.165, 1.54) is 12.1 Å². The van der Waals surface area contributed by atoms with Crippen LogP contribution in [0.15, 0.2) is 18.2 Å². The Morgan fingerprint density at radius 3 is 2.86 bits per heavy atom. The van der Waals surface area contributed by atoms with Gasteiger partial charge in [-0.1, -0.05) is 0 Å². The molecular weight excluding hydrogens is 201 g/mol. The molecule has 0 amide bonds. The Labute approximate surface area is 87.6 Å². The van der Waals surface area contributed by atoms with E-state index in [1.807, 2.05) is 6.26 Å². The van der Waals surface area contributed by atoms with Crippen LogP contribution in [0.5, 0.6) is 5.75 Å². The van der Waals surface area contributed by atoms with E-state index in [0.717, 1.165) is 11.3 Å². The molecule has 2 nitrogen and oxygen atoms in total. The van der Waals surface area contributed by atoms with Gasteiger partial charge in [0.2, 0.25) is 0 Å². The van der Waals surface area contributed by atoms with Crippen LogP contribution in [0, 0.1) is 5.82 Å². The molecule has 0 fully saturated rings. The molecule has 2 N–H and O–H groups in total. The molecule has 0 aromatic heterocycles. The zero-order valence-electron chi connectivity index (χ0n) is 8.29. The minimum Gasteiger partial charge on any atom is -0.496 e. The third kappa shape index (κ3) is 2.62. The van der Waals surface area contributed by atoms with Crippen molar-refractivity contribution >= 4 is 11.8 Å². The molecule has 78 valence electrons. The molecule has 14 heavy (non-hydrogen) atoms. The average molecular weight is 215 g/mol. The molecule has 0 aliphatic rings. The molecule has 0 radical (unpaired) electrons. The van der Waals surface area contributed by atoms with E-state index in [-0.39, 0.29) is 11.9 Å². The van der Waals surface area contributed by atoms with Crippen molar-refractivity contribution in [1.82, 2.24) is 0 Å². The van der Waals surface area contributed by atoms with Crippen LogP contribution in [0.2, 0.25) is 0 Å². The molecule has 0 spiro atoms. The van der Waals surface area contributed by atoms with E-state index in [1.54, 1.807) is 24.9 Å². The number of ether oxygens (including phenoxy) is 1. The summed E-state index contributed by atoms with van der Waals surface area (Å²) in [5.74, 6) is 1.12. The second-order valence-electron chi connectivity index (χ2n) is 2.95. The standard InChI is InChI=1S/C10H14FNOS/c1-13-10-4-3-7(11)5-8(10)9(12)6-14-2/h3-5,9H,6,12H2,1-2H3. The fourth-order valence-electron chi connectivity index (χ4n) is 1.26. The number of hydrogen-bond acceptors (Lipinski definition) is 3. The van der Waals surface area contributed by atoms with Gasteiger partial charge in [-0.05, 0) is 24.5 Å². The number of methoxy groups -OCH3 is 1. The van der Waals surface area contributed by atoms with Gasteiger partial charge in [-0.25, -0.2) is 4.39 Å². The molecule has 0 saturated heterocycles. The second kappa shape index (κ2) is 5.22. The first-order valence-corrected chi connectivity index (χ1v) is 5.66. The van der Waals surface area contributed by atoms with Gasteiger partial charge in [0.05, 0.1) is 7.11 Å². The maximum absolute atomic E-state index is 13.0. The summed E-state index contributed by atoms with van der Waals surface area (Å²) >= 11 is 1.63. The van der Waals surface area contributed by atoms with Crippen LogP contribution in [0.3, 0.4) is 0 Å². The second-order valence-corrected chi connectivity index (χ2v) is 3.86. The molecule has 0 heterocycles. The summed E-state index contributed by atoms with van der Waals surface area (Å²) in [5, 5.41) is 0. The third-order valence-electron chi connectivity index (χ3n) is 1.94. The first-order valence-electron chi connectivity index (χ1n) is 4.27. The van der Waals surface area contributed by atoms with Crippen LogP contribution < -0.4 is 10.5 Å². The Hall–Kier alpha value is -0.740. The Morgan fingerprint density at radius 2 is 2.29 bits per heavy atom. The smallest absolute Gasteiger partial charge is 0.123 e. The molecule has 1 atom stereocenters. The lowest BCUT2D eigenvalue weighted by atomic mass is 10.1. The summed E-state index contributed by atoms with van der Waals surface area (Å²) in [7, 11) is 1.56. The molecule has 4 heteroatoms. The summed E-state index contributed by atoms with van der Waals surface area (Å²) in [5.41, 5.74) is 6.61. The Morgan fingerprint density at radius 1 is 1.57 bits per heavy atom. The maximum atomic E-state index is 13.0. The van der Waals surface area contributed by atoms with Gasteiger partial charge >= 0.3 is 0 Å². The molecule has 1 aromatic rings. The number of thioether (sulfide) groups is 1. The average Bonchev–Trinajstić information content (AvgIpc) is 2.18. The Kier molecular flexibility index (Phi) is 4.22. The molecule has 0 aliphatic carbocycles. The first kappa shape index (κ1) is 11.3. The fourth-order valence-corrected chi connectivity index (χ4v) is 1.80. The van der Waals surface area contributed by atoms with Crippen LogP contribution in [-0.2, 0) is 0 Å². The van der Waals surface area contributed by atoms with E-state index >= 15 is 0 Å². The number of rotatable bonds is 4. The molecule has 1 rings (SSSR count). The van der Waals surface area contributed by atoms with E-state index in [0.29, 0.717) is 5.75 Å². The van der Waals surface area contributed by atoms with E-state index in [2.05, 4.69) is 0 Å². The summed E-state index contributed by atoms with van der Waals surface area (Å²) in [6.07, 6.45) is 1.96. The lowest BCUT2D eigenvalue weighted by molar-refractivity contribution is 0.405. The lowest BCUT2D eigenvalue weighted by Crippen LogP contribution is -2.14. The molecule has 0 aliphatic heterocycles. The van der Waals surface area contributed by atoms with Gasteiger partial charge in [0.1, 0.15) is 11.6 Å². The van der Waals surface area contributed by atoms with Crippen molar-refractivity contribution in [3.05, 3.63) is 29.6 Å². The summed E-state index contributed by atoms with van der Waals surface area (Å²) in [4.78, 5) is 0. The summed E-state index contributed by atoms with van der Waals surface area (Å²) in [6.45, 7) is 0. The minimum absolute atomic E-state index is 0.185. The zero-order valence-corrected chi connectivity index (χ0v) is 9.10. The van der Waals surface area contributed by atoms with Crippen LogP contribution >= 0.6 is 11.8 Å². The highest BCUT2D eigenvalue weighted by Gasteiger charge is 2.12. The van der Waals surface area contributed by atoms with Crippen LogP contribution in [-0.4, -0.2) is 19.1 Å². The highest BCUT2D eigenvalue weighted by molar-refractivity contribution is 7.98. The largest absolute Gasteiger partial charge is 0.496 e. The van der Waals surface area contributed by atoms with Crippen molar-refractivity contribution < 1.29 is 9.13 Å². The lowest BCUT2D eigenvalue weighted by Gasteiger charge is -2.14. The van der Waals surface area contributed by atoms with Crippen LogP contribution in [0.1, 0.15) is 11.6 Å². The van der Waals surface area contributed by atoms with Crippen molar-refractivity contribution in [1.29, 1.82) is 0 Å². The third-order valence-corrected chi connectivity index (χ3v) is 2.63. The van der Waals surface area contributed by atoms with Crippen molar-refractivity contribution in [2.75, 3.05) is 19.1 Å². The predicted octanol–water partition coefficient (Wildman–Crippen LogP) is 2.20. The quantitative estimate of drug-likeness (QED) is 0.836. The van der Waals surface area contributed by atoms with Crippen molar-refractivity contribution in [2.45, 2.75) is 6.04 Å². The first-order chi connectivity index (χ1) is 6.69. The van der Waals surface area contributed by atoms with Crippen LogP contribution in [0.25, 0.3) is 0 Å². The monoisotopic (exact) mass is 215 g/mol. The summed E-state index contributed by atoms with van der Waals surface area (Å²) < 4.78 is 18.1. The zero-order chi connectivity index (χ0) is 10.6. The fraction of sp³-hybridized carbons (Fsp3) is 0.400. The van der Waals surface area contributed by atoms with Gasteiger partial charge in [-0.3, -0.25) is 0 Å². The minimum atomic E-state index is -0.280. The van der Waals surface area contributed by atoms with Crippen molar-refractivity contribution in [3.63, 3.8) is 0 Å². The van der Waals surface area contributed by atoms with Crippen molar-refractivity contribution in [2.24, 2.45) is 5.73 Å². The number of hydrogen-bond donors (Lipinski definition) is 1. The van der Waals surface area contributed by atoms with Gasteiger partial charge in [0.15, 0.2) is 0 Å². The molecule has 1 aromatic carbocycles. The van der Waals surface area contributed by atoms with E-state index < -0.39 is 0 Å². The topological polar surface area (TPSA) is 35.2 Å². The van der Waals surface area contributed by atoms with E-state index in [4.69, 9.17) is 10.5 Å². The normalized spacial score (nSPS) is 12.6. The predicted molar refractivity (Wildman–Crippen MR) is 58.3 cm³/mol. The number of halogens is 1. The SMILES string of the molecule is COc1ccc(F)cc1C(N)CSC. The Balaban J connectivity index is 2.97. The highest BCUT2D eigenvalue weighted by atomic mass is 32.2. The molecule has 0 bridgehead atoms. The summed E-state index contributed by atoms with van der Waals surface area (Å²) in [6, 6.07) is 4.22. The van der Waals surface area contributed by atoms with Gasteiger partial charge in [0, 0.05) is 17.4 Å². The van der Waals surface area contributed by atoms with E-state index in [9.17, 15) is 4.39 Å². The maximum Gasteiger partial charge on any atom is 0.123 e. The molecule has 0 saturated carbocycles. The van der Waals surface area contributed by atoms with Gasteiger partial charge in [-0.15, -0.1) is 0 Å².